The summed E-state index contributed by atoms with van der Waals surface area (Å²) < 4.78 is 28.8. The first-order chi connectivity index (χ1) is 11.2. The number of carbonyl (C=O) groups excluding carboxylic acids is 1. The Hall–Kier alpha value is -2.76. The van der Waals surface area contributed by atoms with Crippen molar-refractivity contribution in [2.75, 3.05) is 26.9 Å². The van der Waals surface area contributed by atoms with Crippen molar-refractivity contribution in [2.45, 2.75) is 0 Å². The third-order valence-corrected chi connectivity index (χ3v) is 2.92. The molecule has 0 aromatic heterocycles. The number of hydrogen-bond donors (Lipinski definition) is 1. The summed E-state index contributed by atoms with van der Waals surface area (Å²) >= 11 is 0. The van der Waals surface area contributed by atoms with Crippen molar-refractivity contribution in [1.82, 2.24) is 5.32 Å². The van der Waals surface area contributed by atoms with E-state index in [4.69, 9.17) is 14.2 Å². The summed E-state index contributed by atoms with van der Waals surface area (Å²) in [6.45, 7) is 0.438. The minimum atomic E-state index is -0.409. The van der Waals surface area contributed by atoms with E-state index in [1.54, 1.807) is 25.3 Å². The van der Waals surface area contributed by atoms with Crippen molar-refractivity contribution in [3.05, 3.63) is 54.3 Å². The summed E-state index contributed by atoms with van der Waals surface area (Å²) in [4.78, 5) is 11.6. The molecule has 0 atom stereocenters. The molecular weight excluding hydrogens is 301 g/mol. The molecule has 0 fully saturated rings. The molecule has 23 heavy (non-hydrogen) atoms. The van der Waals surface area contributed by atoms with E-state index in [0.717, 1.165) is 0 Å². The van der Waals surface area contributed by atoms with Gasteiger partial charge in [-0.25, -0.2) is 4.39 Å². The number of amides is 1. The first-order valence-electron chi connectivity index (χ1n) is 7.10. The average Bonchev–Trinajstić information content (AvgIpc) is 2.57. The lowest BCUT2D eigenvalue weighted by molar-refractivity contribution is -0.123. The fourth-order valence-corrected chi connectivity index (χ4v) is 1.85. The van der Waals surface area contributed by atoms with E-state index in [0.29, 0.717) is 30.4 Å². The van der Waals surface area contributed by atoms with Crippen molar-refractivity contribution in [3.63, 3.8) is 0 Å². The van der Waals surface area contributed by atoms with Crippen LogP contribution in [0.3, 0.4) is 0 Å². The van der Waals surface area contributed by atoms with Crippen LogP contribution in [-0.2, 0) is 4.79 Å². The molecule has 0 aliphatic rings. The lowest BCUT2D eigenvalue weighted by Crippen LogP contribution is -2.32. The Morgan fingerprint density at radius 3 is 2.61 bits per heavy atom. The Bertz CT molecular complexity index is 648. The zero-order chi connectivity index (χ0) is 16.5. The van der Waals surface area contributed by atoms with Crippen molar-refractivity contribution in [3.8, 4) is 17.2 Å². The third-order valence-electron chi connectivity index (χ3n) is 2.92. The second kappa shape index (κ2) is 8.63. The van der Waals surface area contributed by atoms with Gasteiger partial charge < -0.3 is 19.5 Å². The predicted molar refractivity (Wildman–Crippen MR) is 83.4 cm³/mol. The van der Waals surface area contributed by atoms with Crippen molar-refractivity contribution in [2.24, 2.45) is 0 Å². The lowest BCUT2D eigenvalue weighted by atomic mass is 10.3. The molecular formula is C17H18FNO4. The quantitative estimate of drug-likeness (QED) is 0.759. The summed E-state index contributed by atoms with van der Waals surface area (Å²) in [7, 11) is 1.56. The van der Waals surface area contributed by atoms with Gasteiger partial charge in [0.25, 0.3) is 5.91 Å². The number of halogens is 1. The molecule has 0 aliphatic heterocycles. The summed E-state index contributed by atoms with van der Waals surface area (Å²) in [5, 5.41) is 2.65. The summed E-state index contributed by atoms with van der Waals surface area (Å²) in [6, 6.07) is 12.9. The van der Waals surface area contributed by atoms with Gasteiger partial charge in [-0.2, -0.15) is 0 Å². The van der Waals surface area contributed by atoms with E-state index in [1.807, 2.05) is 12.1 Å². The Balaban J connectivity index is 1.67. The second-order valence-electron chi connectivity index (χ2n) is 4.60. The smallest absolute Gasteiger partial charge is 0.258 e. The van der Waals surface area contributed by atoms with Crippen LogP contribution in [-0.4, -0.2) is 32.8 Å². The SMILES string of the molecule is COc1ccccc1OCCNC(=O)COc1cccc(F)c1. The molecule has 0 unspecified atom stereocenters. The maximum atomic E-state index is 13.0. The number of benzene rings is 2. The molecule has 6 heteroatoms. The van der Waals surface area contributed by atoms with Gasteiger partial charge in [-0.15, -0.1) is 0 Å². The van der Waals surface area contributed by atoms with Gasteiger partial charge in [0, 0.05) is 6.07 Å². The molecule has 0 heterocycles. The number of ether oxygens (including phenoxy) is 3. The van der Waals surface area contributed by atoms with E-state index in [2.05, 4.69) is 5.32 Å². The Morgan fingerprint density at radius 1 is 1.09 bits per heavy atom. The molecule has 2 rings (SSSR count). The Kier molecular flexibility index (Phi) is 6.23. The van der Waals surface area contributed by atoms with E-state index >= 15 is 0 Å². The number of methoxy groups -OCH3 is 1. The number of carbonyl (C=O) groups is 1. The maximum Gasteiger partial charge on any atom is 0.258 e. The van der Waals surface area contributed by atoms with Crippen LogP contribution >= 0.6 is 0 Å². The van der Waals surface area contributed by atoms with Gasteiger partial charge in [-0.1, -0.05) is 18.2 Å². The van der Waals surface area contributed by atoms with E-state index in [-0.39, 0.29) is 12.5 Å². The largest absolute Gasteiger partial charge is 0.493 e. The zero-order valence-electron chi connectivity index (χ0n) is 12.8. The van der Waals surface area contributed by atoms with Gasteiger partial charge in [0.2, 0.25) is 0 Å². The monoisotopic (exact) mass is 319 g/mol. The van der Waals surface area contributed by atoms with Crippen LogP contribution in [0.5, 0.6) is 17.2 Å². The lowest BCUT2D eigenvalue weighted by Gasteiger charge is -2.11. The van der Waals surface area contributed by atoms with Crippen LogP contribution < -0.4 is 19.5 Å². The highest BCUT2D eigenvalue weighted by Crippen LogP contribution is 2.25. The van der Waals surface area contributed by atoms with Crippen molar-refractivity contribution in [1.29, 1.82) is 0 Å². The highest BCUT2D eigenvalue weighted by molar-refractivity contribution is 5.77. The number of hydrogen-bond acceptors (Lipinski definition) is 4. The van der Waals surface area contributed by atoms with Gasteiger partial charge in [-0.05, 0) is 24.3 Å². The Morgan fingerprint density at radius 2 is 1.87 bits per heavy atom. The van der Waals surface area contributed by atoms with Crippen molar-refractivity contribution < 1.29 is 23.4 Å². The minimum absolute atomic E-state index is 0.182. The predicted octanol–water partition coefficient (Wildman–Crippen LogP) is 2.41. The first-order valence-corrected chi connectivity index (χ1v) is 7.10. The molecule has 0 saturated heterocycles. The number of para-hydroxylation sites is 2. The molecule has 1 amide bonds. The minimum Gasteiger partial charge on any atom is -0.493 e. The van der Waals surface area contributed by atoms with Gasteiger partial charge >= 0.3 is 0 Å². The molecule has 2 aromatic rings. The van der Waals surface area contributed by atoms with Crippen LogP contribution in [0.4, 0.5) is 4.39 Å². The average molecular weight is 319 g/mol. The van der Waals surface area contributed by atoms with Crippen LogP contribution in [0, 0.1) is 5.82 Å². The molecule has 0 radical (unpaired) electrons. The first kappa shape index (κ1) is 16.6. The molecule has 5 nitrogen and oxygen atoms in total. The third kappa shape index (κ3) is 5.50. The van der Waals surface area contributed by atoms with Crippen LogP contribution in [0.25, 0.3) is 0 Å². The molecule has 0 spiro atoms. The number of rotatable bonds is 8. The fraction of sp³-hybridized carbons (Fsp3) is 0.235. The zero-order valence-corrected chi connectivity index (χ0v) is 12.8. The van der Waals surface area contributed by atoms with E-state index in [9.17, 15) is 9.18 Å². The molecule has 0 saturated carbocycles. The van der Waals surface area contributed by atoms with Gasteiger partial charge in [0.1, 0.15) is 18.2 Å². The molecule has 0 aliphatic carbocycles. The Labute approximate surface area is 134 Å². The topological polar surface area (TPSA) is 56.8 Å². The van der Waals surface area contributed by atoms with Crippen molar-refractivity contribution >= 4 is 5.91 Å². The van der Waals surface area contributed by atoms with Gasteiger partial charge in [-0.3, -0.25) is 4.79 Å². The number of nitrogens with one attached hydrogen (secondary N) is 1. The van der Waals surface area contributed by atoms with E-state index < -0.39 is 5.82 Å². The summed E-state index contributed by atoms with van der Waals surface area (Å²) in [5.41, 5.74) is 0. The summed E-state index contributed by atoms with van der Waals surface area (Å²) in [5.74, 6) is 0.838. The molecule has 2 aromatic carbocycles. The molecule has 0 bridgehead atoms. The van der Waals surface area contributed by atoms with Gasteiger partial charge in [0.15, 0.2) is 18.1 Å². The highest BCUT2D eigenvalue weighted by atomic mass is 19.1. The summed E-state index contributed by atoms with van der Waals surface area (Å²) in [6.07, 6.45) is 0. The highest BCUT2D eigenvalue weighted by Gasteiger charge is 2.05. The van der Waals surface area contributed by atoms with Crippen LogP contribution in [0.2, 0.25) is 0 Å². The molecule has 1 N–H and O–H groups in total. The maximum absolute atomic E-state index is 13.0. The van der Waals surface area contributed by atoms with E-state index in [1.165, 1.54) is 18.2 Å². The fourth-order valence-electron chi connectivity index (χ4n) is 1.85. The standard InChI is InChI=1S/C17H18FNO4/c1-21-15-7-2-3-8-16(15)22-10-9-19-17(20)12-23-14-6-4-5-13(18)11-14/h2-8,11H,9-10,12H2,1H3,(H,19,20). The van der Waals surface area contributed by atoms with Crippen LogP contribution in [0.1, 0.15) is 0 Å². The van der Waals surface area contributed by atoms with Crippen LogP contribution in [0.15, 0.2) is 48.5 Å². The second-order valence-corrected chi connectivity index (χ2v) is 4.60. The molecule has 122 valence electrons. The normalized spacial score (nSPS) is 10.0. The van der Waals surface area contributed by atoms with Gasteiger partial charge in [0.05, 0.1) is 13.7 Å².